The van der Waals surface area contributed by atoms with Gasteiger partial charge in [-0.25, -0.2) is 0 Å². The van der Waals surface area contributed by atoms with Crippen molar-refractivity contribution in [1.82, 2.24) is 0 Å². The van der Waals surface area contributed by atoms with Crippen LogP contribution in [0.15, 0.2) is 11.5 Å². The number of thiol groups is 1. The van der Waals surface area contributed by atoms with E-state index in [1.807, 2.05) is 6.92 Å². The van der Waals surface area contributed by atoms with Crippen LogP contribution in [-0.2, 0) is 0 Å². The van der Waals surface area contributed by atoms with Gasteiger partial charge in [0.1, 0.15) is 0 Å². The number of halogens is 1. The van der Waals surface area contributed by atoms with E-state index in [0.29, 0.717) is 0 Å². The molecule has 6 heavy (non-hydrogen) atoms. The maximum Gasteiger partial charge on any atom is 0.0495 e. The van der Waals surface area contributed by atoms with E-state index >= 15 is 0 Å². The summed E-state index contributed by atoms with van der Waals surface area (Å²) in [5, 5.41) is 1.75. The number of hydrogen-bond acceptors (Lipinski definition) is 1. The van der Waals surface area contributed by atoms with E-state index in [2.05, 4.69) is 12.6 Å². The lowest BCUT2D eigenvalue weighted by Gasteiger charge is -1.83. The van der Waals surface area contributed by atoms with Crippen LogP contribution in [-0.4, -0.2) is 5.38 Å². The lowest BCUT2D eigenvalue weighted by atomic mass is 10.5. The molecule has 0 amide bonds. The van der Waals surface area contributed by atoms with Gasteiger partial charge in [0.2, 0.25) is 0 Å². The molecule has 2 heteroatoms. The molecule has 1 unspecified atom stereocenters. The van der Waals surface area contributed by atoms with Crippen LogP contribution in [0, 0.1) is 0 Å². The molecular weight excluding hydrogens is 116 g/mol. The number of rotatable bonds is 1. The second kappa shape index (κ2) is 3.57. The van der Waals surface area contributed by atoms with E-state index in [0.717, 1.165) is 0 Å². The predicted octanol–water partition coefficient (Wildman–Crippen LogP) is 2.06. The molecule has 0 aromatic rings. The monoisotopic (exact) mass is 122 g/mol. The first-order chi connectivity index (χ1) is 2.77. The molecule has 0 aliphatic rings. The molecule has 0 radical (unpaired) electrons. The van der Waals surface area contributed by atoms with Crippen molar-refractivity contribution in [2.75, 3.05) is 0 Å². The van der Waals surface area contributed by atoms with Gasteiger partial charge >= 0.3 is 0 Å². The van der Waals surface area contributed by atoms with E-state index in [-0.39, 0.29) is 5.38 Å². The fourth-order valence-corrected chi connectivity index (χ4v) is 0.551. The summed E-state index contributed by atoms with van der Waals surface area (Å²) < 4.78 is 0. The minimum atomic E-state index is 0.113. The molecule has 0 fully saturated rings. The summed E-state index contributed by atoms with van der Waals surface area (Å²) in [6.07, 6.45) is 1.80. The van der Waals surface area contributed by atoms with Crippen molar-refractivity contribution >= 4 is 24.2 Å². The molecule has 0 rings (SSSR count). The van der Waals surface area contributed by atoms with Gasteiger partial charge in [0.25, 0.3) is 0 Å². The van der Waals surface area contributed by atoms with Gasteiger partial charge in [0, 0.05) is 5.38 Å². The smallest absolute Gasteiger partial charge is 0.0495 e. The zero-order chi connectivity index (χ0) is 4.99. The standard InChI is InChI=1S/C4H7ClS/c1-4(5)2-3-6/h2-4,6H,1H3/b3-2+. The van der Waals surface area contributed by atoms with Gasteiger partial charge in [-0.05, 0) is 12.3 Å². The SMILES string of the molecule is CC(Cl)/C=C/S. The van der Waals surface area contributed by atoms with Crippen LogP contribution in [0.1, 0.15) is 6.92 Å². The van der Waals surface area contributed by atoms with Crippen LogP contribution in [0.2, 0.25) is 0 Å². The van der Waals surface area contributed by atoms with Crippen LogP contribution in [0.3, 0.4) is 0 Å². The maximum atomic E-state index is 5.44. The second-order valence-electron chi connectivity index (χ2n) is 1.02. The lowest BCUT2D eigenvalue weighted by molar-refractivity contribution is 1.24. The zero-order valence-corrected chi connectivity index (χ0v) is 5.21. The Balaban J connectivity index is 3.03. The molecule has 0 N–H and O–H groups in total. The molecule has 0 aliphatic heterocycles. The Morgan fingerprint density at radius 1 is 1.83 bits per heavy atom. The fraction of sp³-hybridized carbons (Fsp3) is 0.500. The highest BCUT2D eigenvalue weighted by Crippen LogP contribution is 1.94. The molecule has 0 spiro atoms. The first kappa shape index (κ1) is 6.38. The summed E-state index contributed by atoms with van der Waals surface area (Å²) in [6.45, 7) is 1.88. The van der Waals surface area contributed by atoms with Gasteiger partial charge in [-0.1, -0.05) is 6.08 Å². The molecule has 0 saturated carbocycles. The normalized spacial score (nSPS) is 15.8. The van der Waals surface area contributed by atoms with Crippen molar-refractivity contribution in [3.63, 3.8) is 0 Å². The highest BCUT2D eigenvalue weighted by atomic mass is 35.5. The number of allylic oxidation sites excluding steroid dienone is 1. The van der Waals surface area contributed by atoms with Crippen LogP contribution in [0.25, 0.3) is 0 Å². The van der Waals surface area contributed by atoms with Crippen molar-refractivity contribution in [2.24, 2.45) is 0 Å². The van der Waals surface area contributed by atoms with E-state index in [1.165, 1.54) is 0 Å². The summed E-state index contributed by atoms with van der Waals surface area (Å²) >= 11 is 9.24. The third-order valence-electron chi connectivity index (χ3n) is 0.351. The largest absolute Gasteiger partial charge is 0.152 e. The third-order valence-corrected chi connectivity index (χ3v) is 0.669. The highest BCUT2D eigenvalue weighted by Gasteiger charge is 1.80. The number of hydrogen-bond donors (Lipinski definition) is 1. The Morgan fingerprint density at radius 2 is 2.33 bits per heavy atom. The Kier molecular flexibility index (Phi) is 3.79. The molecule has 0 saturated heterocycles. The maximum absolute atomic E-state index is 5.44. The first-order valence-corrected chi connectivity index (χ1v) is 2.67. The number of alkyl halides is 1. The van der Waals surface area contributed by atoms with E-state index in [1.54, 1.807) is 11.5 Å². The van der Waals surface area contributed by atoms with Crippen molar-refractivity contribution in [3.05, 3.63) is 11.5 Å². The molecule has 0 heterocycles. The van der Waals surface area contributed by atoms with E-state index < -0.39 is 0 Å². The minimum Gasteiger partial charge on any atom is -0.152 e. The fourth-order valence-electron chi connectivity index (χ4n) is 0.119. The molecule has 0 aliphatic carbocycles. The Bertz CT molecular complexity index is 49.5. The Morgan fingerprint density at radius 3 is 2.33 bits per heavy atom. The summed E-state index contributed by atoms with van der Waals surface area (Å²) in [5.74, 6) is 0. The first-order valence-electron chi connectivity index (χ1n) is 1.72. The van der Waals surface area contributed by atoms with Crippen LogP contribution in [0.4, 0.5) is 0 Å². The van der Waals surface area contributed by atoms with Crippen molar-refractivity contribution in [1.29, 1.82) is 0 Å². The van der Waals surface area contributed by atoms with Gasteiger partial charge in [-0.2, -0.15) is 12.6 Å². The predicted molar refractivity (Wildman–Crippen MR) is 33.4 cm³/mol. The van der Waals surface area contributed by atoms with Crippen molar-refractivity contribution in [2.45, 2.75) is 12.3 Å². The van der Waals surface area contributed by atoms with Gasteiger partial charge in [0.05, 0.1) is 0 Å². The van der Waals surface area contributed by atoms with Crippen LogP contribution >= 0.6 is 24.2 Å². The van der Waals surface area contributed by atoms with E-state index in [4.69, 9.17) is 11.6 Å². The van der Waals surface area contributed by atoms with Gasteiger partial charge in [0.15, 0.2) is 0 Å². The Hall–Kier alpha value is 0.380. The summed E-state index contributed by atoms with van der Waals surface area (Å²) in [7, 11) is 0. The minimum absolute atomic E-state index is 0.113. The average molecular weight is 123 g/mol. The quantitative estimate of drug-likeness (QED) is 0.400. The van der Waals surface area contributed by atoms with Gasteiger partial charge in [-0.3, -0.25) is 0 Å². The molecule has 0 nitrogen and oxygen atoms in total. The molecule has 0 aromatic carbocycles. The van der Waals surface area contributed by atoms with Crippen LogP contribution in [0.5, 0.6) is 0 Å². The van der Waals surface area contributed by atoms with E-state index in [9.17, 15) is 0 Å². The summed E-state index contributed by atoms with van der Waals surface area (Å²) in [6, 6.07) is 0. The molecular formula is C4H7ClS. The average Bonchev–Trinajstić information content (AvgIpc) is 1.35. The van der Waals surface area contributed by atoms with Gasteiger partial charge < -0.3 is 0 Å². The van der Waals surface area contributed by atoms with Crippen molar-refractivity contribution in [3.8, 4) is 0 Å². The Labute approximate surface area is 48.6 Å². The second-order valence-corrected chi connectivity index (χ2v) is 2.01. The third kappa shape index (κ3) is 4.38. The zero-order valence-electron chi connectivity index (χ0n) is 3.56. The highest BCUT2D eigenvalue weighted by molar-refractivity contribution is 7.83. The van der Waals surface area contributed by atoms with Crippen molar-refractivity contribution < 1.29 is 0 Å². The molecule has 0 aromatic heterocycles. The molecule has 36 valence electrons. The summed E-state index contributed by atoms with van der Waals surface area (Å²) in [4.78, 5) is 0. The van der Waals surface area contributed by atoms with Crippen LogP contribution < -0.4 is 0 Å². The molecule has 0 bridgehead atoms. The topological polar surface area (TPSA) is 0 Å². The van der Waals surface area contributed by atoms with Gasteiger partial charge in [-0.15, -0.1) is 11.6 Å². The summed E-state index contributed by atoms with van der Waals surface area (Å²) in [5.41, 5.74) is 0. The lowest BCUT2D eigenvalue weighted by Crippen LogP contribution is -1.76. The molecule has 1 atom stereocenters.